The van der Waals surface area contributed by atoms with Crippen LogP contribution in [0.4, 0.5) is 0 Å². The highest BCUT2D eigenvalue weighted by Crippen LogP contribution is 2.26. The Bertz CT molecular complexity index is 334. The Morgan fingerprint density at radius 3 is 3.00 bits per heavy atom. The second kappa shape index (κ2) is 5.32. The molecule has 2 unspecified atom stereocenters. The summed E-state index contributed by atoms with van der Waals surface area (Å²) in [6.07, 6.45) is 2.69. The lowest BCUT2D eigenvalue weighted by Crippen LogP contribution is -2.30. The summed E-state index contributed by atoms with van der Waals surface area (Å²) in [7, 11) is 0. The molecule has 0 radical (unpaired) electrons. The normalized spacial score (nSPS) is 22.9. The summed E-state index contributed by atoms with van der Waals surface area (Å²) < 4.78 is 0. The Hall–Kier alpha value is -1.06. The van der Waals surface area contributed by atoms with Gasteiger partial charge >= 0.3 is 0 Å². The van der Waals surface area contributed by atoms with Gasteiger partial charge in [0.25, 0.3) is 0 Å². The Balaban J connectivity index is 1.94. The van der Waals surface area contributed by atoms with Gasteiger partial charge in [0, 0.05) is 0 Å². The van der Waals surface area contributed by atoms with Gasteiger partial charge in [-0.2, -0.15) is 0 Å². The van der Waals surface area contributed by atoms with E-state index < -0.39 is 6.10 Å². The highest BCUT2D eigenvalue weighted by atomic mass is 16.3. The number of aliphatic hydroxyl groups is 1. The molecule has 0 amide bonds. The first kappa shape index (κ1) is 11.4. The van der Waals surface area contributed by atoms with Crippen LogP contribution in [0.5, 0.6) is 5.75 Å². The number of piperidine rings is 1. The highest BCUT2D eigenvalue weighted by molar-refractivity contribution is 5.28. The smallest absolute Gasteiger partial charge is 0.115 e. The average molecular weight is 221 g/mol. The molecule has 1 heterocycles. The number of benzene rings is 1. The van der Waals surface area contributed by atoms with Crippen LogP contribution >= 0.6 is 0 Å². The SMILES string of the molecule is Oc1cccc(C(O)CC2CCCNC2)c1. The van der Waals surface area contributed by atoms with E-state index >= 15 is 0 Å². The summed E-state index contributed by atoms with van der Waals surface area (Å²) in [5.41, 5.74) is 0.811. The summed E-state index contributed by atoms with van der Waals surface area (Å²) >= 11 is 0. The lowest BCUT2D eigenvalue weighted by Gasteiger charge is -2.25. The van der Waals surface area contributed by atoms with Crippen LogP contribution in [-0.2, 0) is 0 Å². The third kappa shape index (κ3) is 2.97. The van der Waals surface area contributed by atoms with Crippen LogP contribution in [0.15, 0.2) is 24.3 Å². The van der Waals surface area contributed by atoms with Crippen molar-refractivity contribution < 1.29 is 10.2 Å². The molecule has 1 fully saturated rings. The van der Waals surface area contributed by atoms with Gasteiger partial charge < -0.3 is 15.5 Å². The molecule has 1 saturated heterocycles. The number of hydrogen-bond donors (Lipinski definition) is 3. The van der Waals surface area contributed by atoms with E-state index in [-0.39, 0.29) is 5.75 Å². The average Bonchev–Trinajstić information content (AvgIpc) is 2.30. The Kier molecular flexibility index (Phi) is 3.80. The molecule has 1 aliphatic rings. The Morgan fingerprint density at radius 2 is 2.31 bits per heavy atom. The van der Waals surface area contributed by atoms with E-state index in [9.17, 15) is 10.2 Å². The third-order valence-electron chi connectivity index (χ3n) is 3.21. The van der Waals surface area contributed by atoms with Crippen LogP contribution in [0.25, 0.3) is 0 Å². The van der Waals surface area contributed by atoms with Gasteiger partial charge in [0.1, 0.15) is 5.75 Å². The maximum Gasteiger partial charge on any atom is 0.115 e. The van der Waals surface area contributed by atoms with E-state index in [1.165, 1.54) is 12.8 Å². The molecule has 0 bridgehead atoms. The lowest BCUT2D eigenvalue weighted by molar-refractivity contribution is 0.135. The molecular formula is C13H19NO2. The summed E-state index contributed by atoms with van der Waals surface area (Å²) in [6, 6.07) is 6.90. The van der Waals surface area contributed by atoms with Crippen LogP contribution < -0.4 is 5.32 Å². The van der Waals surface area contributed by atoms with E-state index in [4.69, 9.17) is 0 Å². The molecule has 3 N–H and O–H groups in total. The van der Waals surface area contributed by atoms with Crippen LogP contribution in [0.1, 0.15) is 30.9 Å². The Labute approximate surface area is 96.1 Å². The van der Waals surface area contributed by atoms with Crippen molar-refractivity contribution in [2.75, 3.05) is 13.1 Å². The van der Waals surface area contributed by atoms with Crippen molar-refractivity contribution in [3.8, 4) is 5.75 Å². The molecule has 0 aliphatic carbocycles. The highest BCUT2D eigenvalue weighted by Gasteiger charge is 2.18. The molecular weight excluding hydrogens is 202 g/mol. The van der Waals surface area contributed by atoms with E-state index in [1.807, 2.05) is 6.07 Å². The quantitative estimate of drug-likeness (QED) is 0.729. The molecule has 1 aromatic carbocycles. The molecule has 2 atom stereocenters. The zero-order valence-corrected chi connectivity index (χ0v) is 9.39. The van der Waals surface area contributed by atoms with E-state index in [0.717, 1.165) is 25.1 Å². The van der Waals surface area contributed by atoms with Crippen LogP contribution in [-0.4, -0.2) is 23.3 Å². The summed E-state index contributed by atoms with van der Waals surface area (Å²) in [5.74, 6) is 0.768. The van der Waals surface area contributed by atoms with Gasteiger partial charge in [-0.3, -0.25) is 0 Å². The van der Waals surface area contributed by atoms with Crippen LogP contribution in [0.2, 0.25) is 0 Å². The molecule has 0 saturated carbocycles. The third-order valence-corrected chi connectivity index (χ3v) is 3.21. The fourth-order valence-electron chi connectivity index (χ4n) is 2.31. The minimum absolute atomic E-state index is 0.221. The molecule has 88 valence electrons. The van der Waals surface area contributed by atoms with Crippen molar-refractivity contribution in [2.24, 2.45) is 5.92 Å². The van der Waals surface area contributed by atoms with Crippen molar-refractivity contribution in [3.63, 3.8) is 0 Å². The number of aliphatic hydroxyl groups excluding tert-OH is 1. The lowest BCUT2D eigenvalue weighted by atomic mass is 9.91. The zero-order valence-electron chi connectivity index (χ0n) is 9.39. The summed E-state index contributed by atoms with van der Waals surface area (Å²) in [5, 5.41) is 22.7. The fraction of sp³-hybridized carbons (Fsp3) is 0.538. The predicted molar refractivity (Wildman–Crippen MR) is 63.3 cm³/mol. The number of phenolic OH excluding ortho intramolecular Hbond substituents is 1. The van der Waals surface area contributed by atoms with Crippen LogP contribution in [0, 0.1) is 5.92 Å². The predicted octanol–water partition coefficient (Wildman–Crippen LogP) is 1.82. The summed E-state index contributed by atoms with van der Waals surface area (Å²) in [4.78, 5) is 0. The van der Waals surface area contributed by atoms with Crippen molar-refractivity contribution in [1.82, 2.24) is 5.32 Å². The topological polar surface area (TPSA) is 52.5 Å². The zero-order chi connectivity index (χ0) is 11.4. The van der Waals surface area contributed by atoms with Gasteiger partial charge in [-0.1, -0.05) is 12.1 Å². The molecule has 0 spiro atoms. The number of nitrogens with one attached hydrogen (secondary N) is 1. The van der Waals surface area contributed by atoms with E-state index in [1.54, 1.807) is 18.2 Å². The first-order chi connectivity index (χ1) is 7.75. The number of aromatic hydroxyl groups is 1. The molecule has 0 aromatic heterocycles. The van der Waals surface area contributed by atoms with Crippen molar-refractivity contribution in [1.29, 1.82) is 0 Å². The van der Waals surface area contributed by atoms with Crippen molar-refractivity contribution in [2.45, 2.75) is 25.4 Å². The minimum atomic E-state index is -0.461. The maximum absolute atomic E-state index is 10.1. The monoisotopic (exact) mass is 221 g/mol. The summed E-state index contributed by atoms with van der Waals surface area (Å²) in [6.45, 7) is 2.09. The molecule has 16 heavy (non-hydrogen) atoms. The van der Waals surface area contributed by atoms with Gasteiger partial charge in [-0.25, -0.2) is 0 Å². The number of hydrogen-bond acceptors (Lipinski definition) is 3. The standard InChI is InChI=1S/C13H19NO2/c15-12-5-1-4-11(8-12)13(16)7-10-3-2-6-14-9-10/h1,4-5,8,10,13-16H,2-3,6-7,9H2. The van der Waals surface area contributed by atoms with Gasteiger partial charge in [0.15, 0.2) is 0 Å². The number of rotatable bonds is 3. The molecule has 2 rings (SSSR count). The van der Waals surface area contributed by atoms with Gasteiger partial charge in [0.05, 0.1) is 6.10 Å². The number of phenols is 1. The maximum atomic E-state index is 10.1. The first-order valence-electron chi connectivity index (χ1n) is 5.93. The molecule has 3 heteroatoms. The largest absolute Gasteiger partial charge is 0.508 e. The van der Waals surface area contributed by atoms with Crippen molar-refractivity contribution >= 4 is 0 Å². The molecule has 1 aliphatic heterocycles. The van der Waals surface area contributed by atoms with E-state index in [2.05, 4.69) is 5.32 Å². The minimum Gasteiger partial charge on any atom is -0.508 e. The van der Waals surface area contributed by atoms with Crippen LogP contribution in [0.3, 0.4) is 0 Å². The first-order valence-corrected chi connectivity index (χ1v) is 5.93. The van der Waals surface area contributed by atoms with Gasteiger partial charge in [0.2, 0.25) is 0 Å². The second-order valence-electron chi connectivity index (χ2n) is 4.56. The fourth-order valence-corrected chi connectivity index (χ4v) is 2.31. The second-order valence-corrected chi connectivity index (χ2v) is 4.56. The Morgan fingerprint density at radius 1 is 1.44 bits per heavy atom. The molecule has 3 nitrogen and oxygen atoms in total. The van der Waals surface area contributed by atoms with Crippen molar-refractivity contribution in [3.05, 3.63) is 29.8 Å². The van der Waals surface area contributed by atoms with Gasteiger partial charge in [-0.15, -0.1) is 0 Å². The van der Waals surface area contributed by atoms with Gasteiger partial charge in [-0.05, 0) is 56.0 Å². The molecule has 1 aromatic rings. The van der Waals surface area contributed by atoms with E-state index in [0.29, 0.717) is 5.92 Å².